The number of aliphatic hydroxyl groups excluding tert-OH is 1. The van der Waals surface area contributed by atoms with Crippen molar-refractivity contribution in [1.82, 2.24) is 5.32 Å². The number of amides is 1. The van der Waals surface area contributed by atoms with Crippen molar-refractivity contribution in [2.24, 2.45) is 11.8 Å². The molecule has 0 aromatic carbocycles. The van der Waals surface area contributed by atoms with E-state index in [4.69, 9.17) is 0 Å². The lowest BCUT2D eigenvalue weighted by molar-refractivity contribution is -0.123. The van der Waals surface area contributed by atoms with Crippen molar-refractivity contribution >= 4 is 5.91 Å². The van der Waals surface area contributed by atoms with Crippen LogP contribution in [0.1, 0.15) is 39.0 Å². The number of aliphatic hydroxyl groups is 1. The zero-order valence-corrected chi connectivity index (χ0v) is 8.70. The first kappa shape index (κ1) is 9.97. The van der Waals surface area contributed by atoms with Crippen molar-refractivity contribution < 1.29 is 9.90 Å². The molecule has 1 amide bonds. The summed E-state index contributed by atoms with van der Waals surface area (Å²) in [7, 11) is 0. The topological polar surface area (TPSA) is 49.3 Å². The molecule has 2 fully saturated rings. The third-order valence-electron chi connectivity index (χ3n) is 3.45. The van der Waals surface area contributed by atoms with Crippen LogP contribution in [0.5, 0.6) is 0 Å². The van der Waals surface area contributed by atoms with Crippen molar-refractivity contribution in [3.63, 3.8) is 0 Å². The molecule has 0 aromatic heterocycles. The molecule has 0 aromatic rings. The van der Waals surface area contributed by atoms with Gasteiger partial charge in [-0.3, -0.25) is 4.79 Å². The van der Waals surface area contributed by atoms with Crippen molar-refractivity contribution in [3.8, 4) is 0 Å². The highest BCUT2D eigenvalue weighted by Crippen LogP contribution is 2.30. The molecule has 0 heterocycles. The summed E-state index contributed by atoms with van der Waals surface area (Å²) >= 11 is 0. The molecule has 2 N–H and O–H groups in total. The molecule has 2 aliphatic rings. The van der Waals surface area contributed by atoms with Crippen LogP contribution < -0.4 is 5.32 Å². The number of nitrogens with one attached hydrogen (secondary N) is 1. The van der Waals surface area contributed by atoms with Crippen molar-refractivity contribution in [2.75, 3.05) is 0 Å². The summed E-state index contributed by atoms with van der Waals surface area (Å²) in [6, 6.07) is 0.217. The van der Waals surface area contributed by atoms with Gasteiger partial charge >= 0.3 is 0 Å². The van der Waals surface area contributed by atoms with E-state index in [-0.39, 0.29) is 24.0 Å². The standard InChI is InChI=1S/C11H19NO2/c1-7-2-5-9(6-10(7)13)12-11(14)8-3-4-8/h7-10,13H,2-6H2,1H3,(H,12,14)/t7-,9?,10-/m1/s1. The normalized spacial score (nSPS) is 38.0. The predicted molar refractivity (Wildman–Crippen MR) is 53.7 cm³/mol. The second-order valence-electron chi connectivity index (χ2n) is 4.84. The number of hydrogen-bond acceptors (Lipinski definition) is 2. The summed E-state index contributed by atoms with van der Waals surface area (Å²) in [5.74, 6) is 0.882. The lowest BCUT2D eigenvalue weighted by atomic mass is 9.85. The average Bonchev–Trinajstić information content (AvgIpc) is 2.94. The lowest BCUT2D eigenvalue weighted by Gasteiger charge is -2.31. The third kappa shape index (κ3) is 2.27. The lowest BCUT2D eigenvalue weighted by Crippen LogP contribution is -2.42. The van der Waals surface area contributed by atoms with Gasteiger partial charge in [0.15, 0.2) is 0 Å². The summed E-state index contributed by atoms with van der Waals surface area (Å²) in [6.45, 7) is 2.07. The Balaban J connectivity index is 1.78. The van der Waals surface area contributed by atoms with Crippen LogP contribution >= 0.6 is 0 Å². The van der Waals surface area contributed by atoms with Gasteiger partial charge in [0.05, 0.1) is 6.10 Å². The van der Waals surface area contributed by atoms with E-state index in [0.717, 1.165) is 32.1 Å². The van der Waals surface area contributed by atoms with E-state index in [1.54, 1.807) is 0 Å². The molecular weight excluding hydrogens is 178 g/mol. The fourth-order valence-electron chi connectivity index (χ4n) is 2.09. The van der Waals surface area contributed by atoms with Gasteiger partial charge in [0.2, 0.25) is 5.91 Å². The van der Waals surface area contributed by atoms with E-state index in [0.29, 0.717) is 5.92 Å². The molecule has 2 rings (SSSR count). The predicted octanol–water partition coefficient (Wildman–Crippen LogP) is 1.06. The Morgan fingerprint density at radius 2 is 2.00 bits per heavy atom. The molecule has 0 saturated heterocycles. The molecular formula is C11H19NO2. The Morgan fingerprint density at radius 3 is 2.57 bits per heavy atom. The molecule has 0 aliphatic heterocycles. The average molecular weight is 197 g/mol. The van der Waals surface area contributed by atoms with Gasteiger partial charge in [-0.15, -0.1) is 0 Å². The molecule has 80 valence electrons. The smallest absolute Gasteiger partial charge is 0.223 e. The number of carbonyl (C=O) groups is 1. The minimum absolute atomic E-state index is 0.205. The number of rotatable bonds is 2. The highest BCUT2D eigenvalue weighted by Gasteiger charge is 2.33. The molecule has 0 spiro atoms. The van der Waals surface area contributed by atoms with Crippen LogP contribution in [0.2, 0.25) is 0 Å². The Hall–Kier alpha value is -0.570. The Morgan fingerprint density at radius 1 is 1.29 bits per heavy atom. The van der Waals surface area contributed by atoms with E-state index in [1.165, 1.54) is 0 Å². The quantitative estimate of drug-likeness (QED) is 0.695. The first-order valence-corrected chi connectivity index (χ1v) is 5.65. The first-order valence-electron chi connectivity index (χ1n) is 5.65. The van der Waals surface area contributed by atoms with Crippen LogP contribution in [0.15, 0.2) is 0 Å². The van der Waals surface area contributed by atoms with Gasteiger partial charge < -0.3 is 10.4 Å². The number of carbonyl (C=O) groups excluding carboxylic acids is 1. The molecule has 2 aliphatic carbocycles. The van der Waals surface area contributed by atoms with Crippen molar-refractivity contribution in [3.05, 3.63) is 0 Å². The SMILES string of the molecule is C[C@@H]1CCC(NC(=O)C2CC2)C[C@H]1O. The van der Waals surface area contributed by atoms with Crippen LogP contribution in [-0.2, 0) is 4.79 Å². The Labute approximate surface area is 84.9 Å². The Bertz CT molecular complexity index is 225. The van der Waals surface area contributed by atoms with Crippen LogP contribution in [-0.4, -0.2) is 23.2 Å². The molecule has 1 unspecified atom stereocenters. The van der Waals surface area contributed by atoms with E-state index in [2.05, 4.69) is 12.2 Å². The van der Waals surface area contributed by atoms with Gasteiger partial charge in [0, 0.05) is 12.0 Å². The summed E-state index contributed by atoms with van der Waals surface area (Å²) in [4.78, 5) is 11.5. The van der Waals surface area contributed by atoms with Crippen molar-refractivity contribution in [1.29, 1.82) is 0 Å². The minimum atomic E-state index is -0.228. The first-order chi connectivity index (χ1) is 6.66. The van der Waals surface area contributed by atoms with Gasteiger partial charge in [0.1, 0.15) is 0 Å². The zero-order valence-electron chi connectivity index (χ0n) is 8.70. The summed E-state index contributed by atoms with van der Waals surface area (Å²) < 4.78 is 0. The summed E-state index contributed by atoms with van der Waals surface area (Å²) in [6.07, 6.45) is 4.66. The van der Waals surface area contributed by atoms with Gasteiger partial charge in [-0.25, -0.2) is 0 Å². The third-order valence-corrected chi connectivity index (χ3v) is 3.45. The van der Waals surface area contributed by atoms with Crippen LogP contribution in [0, 0.1) is 11.8 Å². The maximum atomic E-state index is 11.5. The minimum Gasteiger partial charge on any atom is -0.393 e. The van der Waals surface area contributed by atoms with E-state index in [1.807, 2.05) is 0 Å². The van der Waals surface area contributed by atoms with Crippen molar-refractivity contribution in [2.45, 2.75) is 51.2 Å². The van der Waals surface area contributed by atoms with E-state index >= 15 is 0 Å². The van der Waals surface area contributed by atoms with Crippen LogP contribution in [0.3, 0.4) is 0 Å². The monoisotopic (exact) mass is 197 g/mol. The highest BCUT2D eigenvalue weighted by molar-refractivity contribution is 5.81. The molecule has 3 heteroatoms. The maximum Gasteiger partial charge on any atom is 0.223 e. The largest absolute Gasteiger partial charge is 0.393 e. The fraction of sp³-hybridized carbons (Fsp3) is 0.909. The van der Waals surface area contributed by atoms with Gasteiger partial charge in [-0.05, 0) is 38.0 Å². The molecule has 0 bridgehead atoms. The van der Waals surface area contributed by atoms with E-state index in [9.17, 15) is 9.90 Å². The number of hydrogen-bond donors (Lipinski definition) is 2. The molecule has 2 saturated carbocycles. The van der Waals surface area contributed by atoms with Gasteiger partial charge in [0.25, 0.3) is 0 Å². The summed E-state index contributed by atoms with van der Waals surface area (Å²) in [5.41, 5.74) is 0. The molecule has 3 atom stereocenters. The van der Waals surface area contributed by atoms with Crippen LogP contribution in [0.25, 0.3) is 0 Å². The second kappa shape index (κ2) is 3.89. The second-order valence-corrected chi connectivity index (χ2v) is 4.84. The highest BCUT2D eigenvalue weighted by atomic mass is 16.3. The molecule has 14 heavy (non-hydrogen) atoms. The maximum absolute atomic E-state index is 11.5. The zero-order chi connectivity index (χ0) is 10.1. The molecule has 0 radical (unpaired) electrons. The van der Waals surface area contributed by atoms with Gasteiger partial charge in [-0.1, -0.05) is 6.92 Å². The summed E-state index contributed by atoms with van der Waals surface area (Å²) in [5, 5.41) is 12.7. The molecule has 3 nitrogen and oxygen atoms in total. The van der Waals surface area contributed by atoms with E-state index < -0.39 is 0 Å². The fourth-order valence-corrected chi connectivity index (χ4v) is 2.09. The van der Waals surface area contributed by atoms with Crippen LogP contribution in [0.4, 0.5) is 0 Å². The Kier molecular flexibility index (Phi) is 2.77. The van der Waals surface area contributed by atoms with Gasteiger partial charge in [-0.2, -0.15) is 0 Å².